The summed E-state index contributed by atoms with van der Waals surface area (Å²) in [4.78, 5) is 11.4. The number of halogens is 1. The van der Waals surface area contributed by atoms with Gasteiger partial charge >= 0.3 is 0 Å². The van der Waals surface area contributed by atoms with Crippen LogP contribution in [0.4, 0.5) is 0 Å². The largest absolute Gasteiger partial charge is 0.491 e. The van der Waals surface area contributed by atoms with Crippen molar-refractivity contribution >= 4 is 27.9 Å². The number of rotatable bonds is 8. The molecular formula is C15H20BrNO3. The molecule has 0 fully saturated rings. The summed E-state index contributed by atoms with van der Waals surface area (Å²) in [5.41, 5.74) is 0.849. The molecule has 4 nitrogen and oxygen atoms in total. The van der Waals surface area contributed by atoms with Crippen LogP contribution in [0.25, 0.3) is 6.08 Å². The van der Waals surface area contributed by atoms with Gasteiger partial charge in [-0.15, -0.1) is 0 Å². The smallest absolute Gasteiger partial charge is 0.243 e. The second kappa shape index (κ2) is 9.55. The van der Waals surface area contributed by atoms with Crippen LogP contribution >= 0.6 is 15.9 Å². The highest BCUT2D eigenvalue weighted by Crippen LogP contribution is 2.24. The minimum atomic E-state index is -0.118. The molecule has 0 bridgehead atoms. The average Bonchev–Trinajstić information content (AvgIpc) is 2.43. The molecule has 0 aliphatic heterocycles. The van der Waals surface area contributed by atoms with Gasteiger partial charge in [-0.3, -0.25) is 4.79 Å². The maximum absolute atomic E-state index is 11.4. The number of carbonyl (C=O) groups is 1. The Kier molecular flexibility index (Phi) is 7.99. The Balaban J connectivity index is 2.71. The Labute approximate surface area is 128 Å². The highest BCUT2D eigenvalue weighted by atomic mass is 79.9. The maximum Gasteiger partial charge on any atom is 0.243 e. The van der Waals surface area contributed by atoms with E-state index in [1.165, 1.54) is 6.08 Å². The van der Waals surface area contributed by atoms with Crippen molar-refractivity contribution < 1.29 is 14.3 Å². The third-order valence-electron chi connectivity index (χ3n) is 2.43. The van der Waals surface area contributed by atoms with Crippen LogP contribution in [0.3, 0.4) is 0 Å². The number of carbonyl (C=O) groups excluding carboxylic acids is 1. The van der Waals surface area contributed by atoms with Gasteiger partial charge in [0.05, 0.1) is 6.61 Å². The Hall–Kier alpha value is -1.33. The zero-order valence-corrected chi connectivity index (χ0v) is 13.4. The molecule has 0 saturated carbocycles. The quantitative estimate of drug-likeness (QED) is 0.584. The van der Waals surface area contributed by atoms with Crippen LogP contribution in [0.5, 0.6) is 5.75 Å². The Morgan fingerprint density at radius 1 is 1.35 bits per heavy atom. The second-order valence-electron chi connectivity index (χ2n) is 3.96. The number of hydrogen-bond acceptors (Lipinski definition) is 3. The number of hydrogen-bond donors (Lipinski definition) is 1. The van der Waals surface area contributed by atoms with Crippen LogP contribution in [0.2, 0.25) is 0 Å². The van der Waals surface area contributed by atoms with Gasteiger partial charge < -0.3 is 14.8 Å². The summed E-state index contributed by atoms with van der Waals surface area (Å²) in [5.74, 6) is 0.612. The van der Waals surface area contributed by atoms with Crippen molar-refractivity contribution in [1.82, 2.24) is 5.32 Å². The van der Waals surface area contributed by atoms with Gasteiger partial charge in [-0.2, -0.15) is 0 Å². The number of benzene rings is 1. The highest BCUT2D eigenvalue weighted by molar-refractivity contribution is 9.10. The van der Waals surface area contributed by atoms with Crippen molar-refractivity contribution in [3.05, 3.63) is 34.3 Å². The average molecular weight is 342 g/mol. The van der Waals surface area contributed by atoms with Gasteiger partial charge in [0.25, 0.3) is 0 Å². The molecule has 1 rings (SSSR count). The fourth-order valence-corrected chi connectivity index (χ4v) is 1.91. The van der Waals surface area contributed by atoms with Crippen molar-refractivity contribution in [3.63, 3.8) is 0 Å². The predicted molar refractivity (Wildman–Crippen MR) is 83.8 cm³/mol. The zero-order chi connectivity index (χ0) is 14.8. The van der Waals surface area contributed by atoms with Crippen molar-refractivity contribution in [2.24, 2.45) is 0 Å². The first-order valence-corrected chi connectivity index (χ1v) is 7.42. The lowest BCUT2D eigenvalue weighted by atomic mass is 10.2. The summed E-state index contributed by atoms with van der Waals surface area (Å²) in [6.07, 6.45) is 3.24. The molecule has 0 saturated heterocycles. The number of amides is 1. The molecular weight excluding hydrogens is 322 g/mol. The molecule has 0 unspecified atom stereocenters. The summed E-state index contributed by atoms with van der Waals surface area (Å²) in [7, 11) is 0. The molecule has 0 radical (unpaired) electrons. The highest BCUT2D eigenvalue weighted by Gasteiger charge is 2.03. The van der Waals surface area contributed by atoms with Crippen molar-refractivity contribution in [2.75, 3.05) is 26.4 Å². The van der Waals surface area contributed by atoms with Gasteiger partial charge in [-0.1, -0.05) is 15.9 Å². The molecule has 1 amide bonds. The second-order valence-corrected chi connectivity index (χ2v) is 4.87. The van der Waals surface area contributed by atoms with Crippen molar-refractivity contribution in [2.45, 2.75) is 13.8 Å². The van der Waals surface area contributed by atoms with E-state index < -0.39 is 0 Å². The van der Waals surface area contributed by atoms with E-state index in [1.807, 2.05) is 32.0 Å². The first-order valence-electron chi connectivity index (χ1n) is 6.63. The van der Waals surface area contributed by atoms with E-state index in [9.17, 15) is 4.79 Å². The molecule has 0 aliphatic rings. The molecule has 0 heterocycles. The number of likely N-dealkylation sites (N-methyl/N-ethyl adjacent to an activating group) is 1. The summed E-state index contributed by atoms with van der Waals surface area (Å²) < 4.78 is 11.8. The van der Waals surface area contributed by atoms with Crippen LogP contribution in [0, 0.1) is 0 Å². The van der Waals surface area contributed by atoms with E-state index in [0.29, 0.717) is 26.4 Å². The van der Waals surface area contributed by atoms with Gasteiger partial charge in [0, 0.05) is 29.3 Å². The van der Waals surface area contributed by atoms with E-state index in [1.54, 1.807) is 6.08 Å². The Bertz CT molecular complexity index is 460. The molecule has 5 heteroatoms. The lowest BCUT2D eigenvalue weighted by Gasteiger charge is -2.09. The van der Waals surface area contributed by atoms with E-state index >= 15 is 0 Å². The third kappa shape index (κ3) is 6.21. The summed E-state index contributed by atoms with van der Waals surface area (Å²) in [6, 6.07) is 5.68. The minimum absolute atomic E-state index is 0.118. The van der Waals surface area contributed by atoms with Gasteiger partial charge in [-0.25, -0.2) is 0 Å². The van der Waals surface area contributed by atoms with Crippen LogP contribution in [0.15, 0.2) is 28.7 Å². The molecule has 0 aliphatic carbocycles. The van der Waals surface area contributed by atoms with Crippen LogP contribution in [-0.2, 0) is 9.53 Å². The maximum atomic E-state index is 11.4. The lowest BCUT2D eigenvalue weighted by Crippen LogP contribution is -2.19. The van der Waals surface area contributed by atoms with Crippen molar-refractivity contribution in [3.8, 4) is 5.75 Å². The number of nitrogens with one attached hydrogen (secondary N) is 1. The minimum Gasteiger partial charge on any atom is -0.491 e. The Morgan fingerprint density at radius 2 is 2.15 bits per heavy atom. The number of ether oxygens (including phenoxy) is 2. The van der Waals surface area contributed by atoms with Gasteiger partial charge in [0.2, 0.25) is 5.91 Å². The summed E-state index contributed by atoms with van der Waals surface area (Å²) in [5, 5.41) is 2.71. The molecule has 20 heavy (non-hydrogen) atoms. The molecule has 1 N–H and O–H groups in total. The first-order chi connectivity index (χ1) is 9.67. The predicted octanol–water partition coefficient (Wildman–Crippen LogP) is 3.01. The van der Waals surface area contributed by atoms with Gasteiger partial charge in [0.1, 0.15) is 12.4 Å². The fourth-order valence-electron chi connectivity index (χ4n) is 1.53. The molecule has 0 aromatic heterocycles. The van der Waals surface area contributed by atoms with Crippen LogP contribution in [-0.4, -0.2) is 32.3 Å². The van der Waals surface area contributed by atoms with Crippen LogP contribution in [0.1, 0.15) is 19.4 Å². The summed E-state index contributed by atoms with van der Waals surface area (Å²) >= 11 is 3.41. The van der Waals surface area contributed by atoms with Crippen molar-refractivity contribution in [1.29, 1.82) is 0 Å². The van der Waals surface area contributed by atoms with E-state index in [2.05, 4.69) is 21.2 Å². The Morgan fingerprint density at radius 3 is 2.85 bits per heavy atom. The van der Waals surface area contributed by atoms with E-state index in [-0.39, 0.29) is 5.91 Å². The molecule has 0 spiro atoms. The SMILES string of the molecule is CCNC(=O)/C=C/c1cc(Br)ccc1OCCOCC. The molecule has 1 aromatic carbocycles. The molecule has 0 atom stereocenters. The molecule has 110 valence electrons. The zero-order valence-electron chi connectivity index (χ0n) is 11.8. The van der Waals surface area contributed by atoms with E-state index in [0.717, 1.165) is 15.8 Å². The van der Waals surface area contributed by atoms with Gasteiger partial charge in [-0.05, 0) is 38.1 Å². The fraction of sp³-hybridized carbons (Fsp3) is 0.400. The topological polar surface area (TPSA) is 47.6 Å². The van der Waals surface area contributed by atoms with E-state index in [4.69, 9.17) is 9.47 Å². The lowest BCUT2D eigenvalue weighted by molar-refractivity contribution is -0.116. The third-order valence-corrected chi connectivity index (χ3v) is 2.92. The normalized spacial score (nSPS) is 10.8. The van der Waals surface area contributed by atoms with Crippen LogP contribution < -0.4 is 10.1 Å². The standard InChI is InChI=1S/C15H20BrNO3/c1-3-17-15(18)8-5-12-11-13(16)6-7-14(12)20-10-9-19-4-2/h5-8,11H,3-4,9-10H2,1-2H3,(H,17,18)/b8-5+. The first kappa shape index (κ1) is 16.7. The molecule has 1 aromatic rings. The van der Waals surface area contributed by atoms with Gasteiger partial charge in [0.15, 0.2) is 0 Å². The monoisotopic (exact) mass is 341 g/mol. The summed E-state index contributed by atoms with van der Waals surface area (Å²) in [6.45, 7) is 6.14.